The Balaban J connectivity index is 1.47. The molecule has 0 aromatic carbocycles. The van der Waals surface area contributed by atoms with Gasteiger partial charge in [0.25, 0.3) is 0 Å². The molecule has 0 radical (unpaired) electrons. The molecule has 0 bridgehead atoms. The van der Waals surface area contributed by atoms with Crippen LogP contribution >= 0.6 is 0 Å². The van der Waals surface area contributed by atoms with Crippen molar-refractivity contribution in [3.63, 3.8) is 0 Å². The van der Waals surface area contributed by atoms with Gasteiger partial charge in [-0.1, -0.05) is 6.07 Å². The number of pyridine rings is 1. The number of nitrogens with one attached hydrogen (secondary N) is 2. The van der Waals surface area contributed by atoms with E-state index in [4.69, 9.17) is 4.74 Å². The fourth-order valence-electron chi connectivity index (χ4n) is 3.09. The van der Waals surface area contributed by atoms with Crippen LogP contribution in [-0.4, -0.2) is 34.7 Å². The monoisotopic (exact) mass is 355 g/mol. The molecule has 0 spiro atoms. The number of aliphatic imine (C=N–C) groups is 1. The van der Waals surface area contributed by atoms with Gasteiger partial charge in [0.2, 0.25) is 5.88 Å². The van der Waals surface area contributed by atoms with Crippen molar-refractivity contribution in [3.8, 4) is 5.88 Å². The first-order valence-electron chi connectivity index (χ1n) is 9.58. The molecule has 0 unspecified atom stereocenters. The summed E-state index contributed by atoms with van der Waals surface area (Å²) in [5.74, 6) is 1.55. The molecular formula is C20H29N5O. The topological polar surface area (TPSA) is 63.5 Å². The molecule has 2 aromatic heterocycles. The van der Waals surface area contributed by atoms with Gasteiger partial charge in [0.15, 0.2) is 5.96 Å². The van der Waals surface area contributed by atoms with Crippen molar-refractivity contribution >= 4 is 5.96 Å². The van der Waals surface area contributed by atoms with Crippen LogP contribution in [-0.2, 0) is 13.1 Å². The van der Waals surface area contributed by atoms with E-state index in [-0.39, 0.29) is 0 Å². The molecule has 0 aliphatic heterocycles. The molecule has 0 atom stereocenters. The van der Waals surface area contributed by atoms with Crippen molar-refractivity contribution in [2.45, 2.75) is 51.8 Å². The second-order valence-electron chi connectivity index (χ2n) is 6.57. The third-order valence-electron chi connectivity index (χ3n) is 4.48. The molecule has 2 heterocycles. The highest BCUT2D eigenvalue weighted by atomic mass is 16.5. The summed E-state index contributed by atoms with van der Waals surface area (Å²) >= 11 is 0. The maximum atomic E-state index is 5.91. The van der Waals surface area contributed by atoms with E-state index in [9.17, 15) is 0 Å². The number of hydrogen-bond acceptors (Lipinski definition) is 3. The molecule has 26 heavy (non-hydrogen) atoms. The molecule has 6 heteroatoms. The number of nitrogens with zero attached hydrogens (tertiary/aromatic N) is 3. The molecule has 1 aliphatic carbocycles. The normalized spacial score (nSPS) is 15.2. The maximum absolute atomic E-state index is 5.91. The lowest BCUT2D eigenvalue weighted by atomic mass is 10.3. The highest BCUT2D eigenvalue weighted by Crippen LogP contribution is 2.22. The molecule has 6 nitrogen and oxygen atoms in total. The SMILES string of the molecule is CCNC(=NCc1ccc(OC2CCCC2)nc1)NCCn1cccc1. The highest BCUT2D eigenvalue weighted by molar-refractivity contribution is 5.79. The second kappa shape index (κ2) is 9.85. The number of rotatable bonds is 8. The Morgan fingerprint density at radius 3 is 2.73 bits per heavy atom. The van der Waals surface area contributed by atoms with Crippen LogP contribution in [0, 0.1) is 0 Å². The number of hydrogen-bond donors (Lipinski definition) is 2. The fourth-order valence-corrected chi connectivity index (χ4v) is 3.09. The molecule has 3 rings (SSSR count). The van der Waals surface area contributed by atoms with Crippen LogP contribution in [0.1, 0.15) is 38.2 Å². The summed E-state index contributed by atoms with van der Waals surface area (Å²) in [6.45, 7) is 5.23. The van der Waals surface area contributed by atoms with E-state index < -0.39 is 0 Å². The minimum absolute atomic E-state index is 0.344. The zero-order valence-corrected chi connectivity index (χ0v) is 15.5. The molecule has 1 saturated carbocycles. The maximum Gasteiger partial charge on any atom is 0.213 e. The van der Waals surface area contributed by atoms with Crippen LogP contribution in [0.5, 0.6) is 5.88 Å². The minimum atomic E-state index is 0.344. The van der Waals surface area contributed by atoms with Crippen LogP contribution < -0.4 is 15.4 Å². The van der Waals surface area contributed by atoms with E-state index in [0.717, 1.165) is 49.9 Å². The molecule has 140 valence electrons. The Kier molecular flexibility index (Phi) is 6.93. The lowest BCUT2D eigenvalue weighted by molar-refractivity contribution is 0.201. The third-order valence-corrected chi connectivity index (χ3v) is 4.48. The van der Waals surface area contributed by atoms with Gasteiger partial charge in [-0.3, -0.25) is 0 Å². The second-order valence-corrected chi connectivity index (χ2v) is 6.57. The molecule has 2 N–H and O–H groups in total. The number of guanidine groups is 1. The van der Waals surface area contributed by atoms with Crippen molar-refractivity contribution < 1.29 is 4.74 Å². The van der Waals surface area contributed by atoms with Gasteiger partial charge in [-0.05, 0) is 50.3 Å². The Bertz CT molecular complexity index is 660. The standard InChI is InChI=1S/C20H29N5O/c1-2-21-20(22-11-14-25-12-5-6-13-25)24-16-17-9-10-19(23-15-17)26-18-7-3-4-8-18/h5-6,9-10,12-13,15,18H,2-4,7-8,11,14,16H2,1H3,(H2,21,22,24). The predicted molar refractivity (Wildman–Crippen MR) is 104 cm³/mol. The lowest BCUT2D eigenvalue weighted by Gasteiger charge is -2.13. The highest BCUT2D eigenvalue weighted by Gasteiger charge is 2.16. The van der Waals surface area contributed by atoms with Gasteiger partial charge in [-0.25, -0.2) is 9.98 Å². The van der Waals surface area contributed by atoms with Crippen LogP contribution in [0.15, 0.2) is 47.8 Å². The van der Waals surface area contributed by atoms with Crippen LogP contribution in [0.2, 0.25) is 0 Å². The van der Waals surface area contributed by atoms with Gasteiger partial charge in [-0.15, -0.1) is 0 Å². The van der Waals surface area contributed by atoms with Crippen LogP contribution in [0.3, 0.4) is 0 Å². The van der Waals surface area contributed by atoms with Gasteiger partial charge in [0.05, 0.1) is 6.54 Å². The van der Waals surface area contributed by atoms with Gasteiger partial charge in [-0.2, -0.15) is 0 Å². The van der Waals surface area contributed by atoms with Gasteiger partial charge in [0.1, 0.15) is 6.10 Å². The van der Waals surface area contributed by atoms with Crippen molar-refractivity contribution in [1.82, 2.24) is 20.2 Å². The first-order valence-corrected chi connectivity index (χ1v) is 9.58. The number of aromatic nitrogens is 2. The Hall–Kier alpha value is -2.50. The Morgan fingerprint density at radius 2 is 2.04 bits per heavy atom. The Morgan fingerprint density at radius 1 is 1.23 bits per heavy atom. The lowest BCUT2D eigenvalue weighted by Crippen LogP contribution is -2.38. The van der Waals surface area contributed by atoms with E-state index in [1.165, 1.54) is 12.8 Å². The summed E-state index contributed by atoms with van der Waals surface area (Å²) in [5.41, 5.74) is 1.08. The molecule has 0 amide bonds. The van der Waals surface area contributed by atoms with Crippen LogP contribution in [0.4, 0.5) is 0 Å². The molecule has 1 fully saturated rings. The van der Waals surface area contributed by atoms with Crippen LogP contribution in [0.25, 0.3) is 0 Å². The smallest absolute Gasteiger partial charge is 0.213 e. The summed E-state index contributed by atoms with van der Waals surface area (Å²) in [7, 11) is 0. The first kappa shape index (κ1) is 18.3. The van der Waals surface area contributed by atoms with E-state index in [2.05, 4.69) is 44.5 Å². The van der Waals surface area contributed by atoms with E-state index in [0.29, 0.717) is 12.6 Å². The van der Waals surface area contributed by atoms with Gasteiger partial charge >= 0.3 is 0 Å². The predicted octanol–water partition coefficient (Wildman–Crippen LogP) is 2.96. The molecule has 2 aromatic rings. The van der Waals surface area contributed by atoms with Crippen molar-refractivity contribution in [2.24, 2.45) is 4.99 Å². The molecular weight excluding hydrogens is 326 g/mol. The average Bonchev–Trinajstić information content (AvgIpc) is 3.35. The van der Waals surface area contributed by atoms with E-state index >= 15 is 0 Å². The summed E-state index contributed by atoms with van der Waals surface area (Å²) in [4.78, 5) is 9.07. The number of ether oxygens (including phenoxy) is 1. The summed E-state index contributed by atoms with van der Waals surface area (Å²) in [6, 6.07) is 8.07. The van der Waals surface area contributed by atoms with Gasteiger partial charge < -0.3 is 19.9 Å². The van der Waals surface area contributed by atoms with Crippen molar-refractivity contribution in [1.29, 1.82) is 0 Å². The first-order chi connectivity index (χ1) is 12.8. The average molecular weight is 355 g/mol. The fraction of sp³-hybridized carbons (Fsp3) is 0.500. The third kappa shape index (κ3) is 5.79. The van der Waals surface area contributed by atoms with E-state index in [1.807, 2.05) is 30.5 Å². The molecule has 0 saturated heterocycles. The Labute approximate surface area is 155 Å². The zero-order chi connectivity index (χ0) is 18.0. The van der Waals surface area contributed by atoms with Gasteiger partial charge in [0, 0.05) is 44.3 Å². The quantitative estimate of drug-likeness (QED) is 0.564. The molecule has 1 aliphatic rings. The largest absolute Gasteiger partial charge is 0.474 e. The van der Waals surface area contributed by atoms with Crippen molar-refractivity contribution in [3.05, 3.63) is 48.4 Å². The van der Waals surface area contributed by atoms with E-state index in [1.54, 1.807) is 0 Å². The van der Waals surface area contributed by atoms with Crippen molar-refractivity contribution in [2.75, 3.05) is 13.1 Å². The summed E-state index contributed by atoms with van der Waals surface area (Å²) < 4.78 is 8.05. The zero-order valence-electron chi connectivity index (χ0n) is 15.5. The minimum Gasteiger partial charge on any atom is -0.474 e. The summed E-state index contributed by atoms with van der Waals surface area (Å²) in [6.07, 6.45) is 11.2. The summed E-state index contributed by atoms with van der Waals surface area (Å²) in [5, 5.41) is 6.64.